The topological polar surface area (TPSA) is 113 Å². The lowest BCUT2D eigenvalue weighted by Gasteiger charge is -2.12. The maximum absolute atomic E-state index is 13.0. The van der Waals surface area contributed by atoms with E-state index in [0.29, 0.717) is 42.6 Å². The van der Waals surface area contributed by atoms with E-state index in [0.717, 1.165) is 22.5 Å². The second kappa shape index (κ2) is 10.1. The predicted molar refractivity (Wildman–Crippen MR) is 138 cm³/mol. The van der Waals surface area contributed by atoms with Gasteiger partial charge in [-0.25, -0.2) is 9.50 Å². The van der Waals surface area contributed by atoms with E-state index in [9.17, 15) is 4.79 Å². The molecule has 0 aliphatic carbocycles. The predicted octanol–water partition coefficient (Wildman–Crippen LogP) is 3.73. The number of aromatic nitrogens is 7. The number of amides is 1. The molecule has 0 unspecified atom stereocenters. The van der Waals surface area contributed by atoms with Crippen LogP contribution in [0, 0.1) is 6.92 Å². The first-order chi connectivity index (χ1) is 18.0. The van der Waals surface area contributed by atoms with E-state index in [1.165, 1.54) is 0 Å². The summed E-state index contributed by atoms with van der Waals surface area (Å²) in [7, 11) is 1.88. The SMILES string of the molecule is CCOc1ccc(Cn2cc(NC(=O)c3cc4nccc(-c5cnn(C)c5C)n4n3)cn2)cc1OCC. The quantitative estimate of drug-likeness (QED) is 0.328. The Morgan fingerprint density at radius 3 is 2.59 bits per heavy atom. The highest BCUT2D eigenvalue weighted by atomic mass is 16.5. The molecule has 190 valence electrons. The second-order valence-corrected chi connectivity index (χ2v) is 8.42. The Labute approximate surface area is 213 Å². The molecule has 4 heterocycles. The van der Waals surface area contributed by atoms with Crippen LogP contribution in [0.4, 0.5) is 5.69 Å². The molecule has 11 heteroatoms. The summed E-state index contributed by atoms with van der Waals surface area (Å²) in [6.07, 6.45) is 6.85. The molecule has 1 aromatic carbocycles. The molecule has 5 rings (SSSR count). The average molecular weight is 501 g/mol. The maximum atomic E-state index is 13.0. The van der Waals surface area contributed by atoms with Gasteiger partial charge >= 0.3 is 0 Å². The van der Waals surface area contributed by atoms with Gasteiger partial charge in [-0.05, 0) is 44.5 Å². The molecule has 0 spiro atoms. The van der Waals surface area contributed by atoms with E-state index in [1.807, 2.05) is 52.1 Å². The van der Waals surface area contributed by atoms with Crippen molar-refractivity contribution in [1.82, 2.24) is 34.2 Å². The van der Waals surface area contributed by atoms with Crippen molar-refractivity contribution in [2.75, 3.05) is 18.5 Å². The summed E-state index contributed by atoms with van der Waals surface area (Å²) >= 11 is 0. The number of hydrogen-bond donors (Lipinski definition) is 1. The van der Waals surface area contributed by atoms with Gasteiger partial charge in [0.1, 0.15) is 0 Å². The molecule has 1 N–H and O–H groups in total. The zero-order valence-corrected chi connectivity index (χ0v) is 21.2. The summed E-state index contributed by atoms with van der Waals surface area (Å²) in [5, 5.41) is 16.1. The van der Waals surface area contributed by atoms with Crippen LogP contribution in [-0.4, -0.2) is 53.3 Å². The molecule has 5 aromatic rings. The number of anilines is 1. The van der Waals surface area contributed by atoms with Gasteiger partial charge in [0.2, 0.25) is 0 Å². The Hall–Kier alpha value is -4.67. The van der Waals surface area contributed by atoms with Crippen LogP contribution >= 0.6 is 0 Å². The fourth-order valence-electron chi connectivity index (χ4n) is 4.05. The summed E-state index contributed by atoms with van der Waals surface area (Å²) in [6, 6.07) is 9.32. The third-order valence-corrected chi connectivity index (χ3v) is 5.95. The highest BCUT2D eigenvalue weighted by Crippen LogP contribution is 2.29. The molecule has 0 saturated carbocycles. The van der Waals surface area contributed by atoms with Crippen LogP contribution in [0.15, 0.2) is 55.1 Å². The Kier molecular flexibility index (Phi) is 6.59. The number of rotatable bonds is 9. The lowest BCUT2D eigenvalue weighted by molar-refractivity contribution is 0.102. The number of nitrogens with one attached hydrogen (secondary N) is 1. The van der Waals surface area contributed by atoms with Crippen molar-refractivity contribution in [2.45, 2.75) is 27.3 Å². The Bertz CT molecular complexity index is 1570. The van der Waals surface area contributed by atoms with Gasteiger partial charge in [0, 0.05) is 36.8 Å². The van der Waals surface area contributed by atoms with E-state index < -0.39 is 0 Å². The zero-order valence-electron chi connectivity index (χ0n) is 21.2. The molecular formula is C26H28N8O3. The molecule has 11 nitrogen and oxygen atoms in total. The molecule has 37 heavy (non-hydrogen) atoms. The lowest BCUT2D eigenvalue weighted by Crippen LogP contribution is -2.12. The van der Waals surface area contributed by atoms with Crippen molar-refractivity contribution in [2.24, 2.45) is 7.05 Å². The molecule has 0 bridgehead atoms. The number of hydrogen-bond acceptors (Lipinski definition) is 7. The van der Waals surface area contributed by atoms with Crippen LogP contribution in [0.25, 0.3) is 16.9 Å². The number of benzene rings is 1. The monoisotopic (exact) mass is 500 g/mol. The van der Waals surface area contributed by atoms with Gasteiger partial charge in [-0.2, -0.15) is 15.3 Å². The van der Waals surface area contributed by atoms with Crippen molar-refractivity contribution in [3.8, 4) is 22.8 Å². The van der Waals surface area contributed by atoms with Crippen molar-refractivity contribution < 1.29 is 14.3 Å². The highest BCUT2D eigenvalue weighted by Gasteiger charge is 2.17. The minimum Gasteiger partial charge on any atom is -0.490 e. The second-order valence-electron chi connectivity index (χ2n) is 8.42. The molecule has 0 atom stereocenters. The first-order valence-electron chi connectivity index (χ1n) is 12.0. The molecule has 0 aliphatic rings. The van der Waals surface area contributed by atoms with Crippen LogP contribution in [0.3, 0.4) is 0 Å². The normalized spacial score (nSPS) is 11.1. The number of aryl methyl sites for hydroxylation is 1. The van der Waals surface area contributed by atoms with Gasteiger partial charge in [-0.3, -0.25) is 14.2 Å². The smallest absolute Gasteiger partial charge is 0.276 e. The number of nitrogens with zero attached hydrogens (tertiary/aromatic N) is 7. The number of carbonyl (C=O) groups is 1. The molecule has 0 radical (unpaired) electrons. The van der Waals surface area contributed by atoms with Gasteiger partial charge in [-0.1, -0.05) is 6.07 Å². The van der Waals surface area contributed by atoms with E-state index >= 15 is 0 Å². The van der Waals surface area contributed by atoms with Crippen LogP contribution < -0.4 is 14.8 Å². The minimum atomic E-state index is -0.349. The van der Waals surface area contributed by atoms with Crippen LogP contribution in [0.2, 0.25) is 0 Å². The third kappa shape index (κ3) is 4.88. The number of ether oxygens (including phenoxy) is 2. The summed E-state index contributed by atoms with van der Waals surface area (Å²) in [6.45, 7) is 7.47. The maximum Gasteiger partial charge on any atom is 0.276 e. The molecular weight excluding hydrogens is 472 g/mol. The summed E-state index contributed by atoms with van der Waals surface area (Å²) in [5.41, 5.74) is 5.11. The highest BCUT2D eigenvalue weighted by molar-refractivity contribution is 6.03. The van der Waals surface area contributed by atoms with Crippen molar-refractivity contribution in [1.29, 1.82) is 0 Å². The number of carbonyl (C=O) groups excluding carboxylic acids is 1. The standard InChI is InChI=1S/C26H28N8O3/c1-5-36-23-8-7-18(11-24(23)37-6-2)15-33-16-19(13-29-33)30-26(35)21-12-25-27-10-9-22(34(25)31-21)20-14-28-32(4)17(20)3/h7-14,16H,5-6,15H2,1-4H3,(H,30,35). The van der Waals surface area contributed by atoms with Crippen LogP contribution in [0.1, 0.15) is 35.6 Å². The summed E-state index contributed by atoms with van der Waals surface area (Å²) < 4.78 is 16.5. The molecule has 0 saturated heterocycles. The molecule has 4 aromatic heterocycles. The lowest BCUT2D eigenvalue weighted by atomic mass is 10.2. The Morgan fingerprint density at radius 1 is 1.03 bits per heavy atom. The zero-order chi connectivity index (χ0) is 25.9. The van der Waals surface area contributed by atoms with E-state index in [1.54, 1.807) is 44.7 Å². The van der Waals surface area contributed by atoms with Crippen molar-refractivity contribution >= 4 is 17.2 Å². The summed E-state index contributed by atoms with van der Waals surface area (Å²) in [4.78, 5) is 17.3. The first kappa shape index (κ1) is 24.0. The Morgan fingerprint density at radius 2 is 1.84 bits per heavy atom. The average Bonchev–Trinajstić information content (AvgIpc) is 3.60. The first-order valence-corrected chi connectivity index (χ1v) is 12.0. The number of fused-ring (bicyclic) bond motifs is 1. The fraction of sp³-hybridized carbons (Fsp3) is 0.269. The van der Waals surface area contributed by atoms with Crippen molar-refractivity contribution in [3.05, 3.63) is 72.1 Å². The Balaban J connectivity index is 1.32. The molecule has 0 fully saturated rings. The van der Waals surface area contributed by atoms with Gasteiger partial charge in [-0.15, -0.1) is 0 Å². The minimum absolute atomic E-state index is 0.252. The van der Waals surface area contributed by atoms with Gasteiger partial charge in [0.15, 0.2) is 22.8 Å². The van der Waals surface area contributed by atoms with E-state index in [4.69, 9.17) is 9.47 Å². The van der Waals surface area contributed by atoms with Crippen LogP contribution in [0.5, 0.6) is 11.5 Å². The van der Waals surface area contributed by atoms with E-state index in [-0.39, 0.29) is 11.6 Å². The summed E-state index contributed by atoms with van der Waals surface area (Å²) in [5.74, 6) is 1.06. The molecule has 0 aliphatic heterocycles. The van der Waals surface area contributed by atoms with E-state index in [2.05, 4.69) is 25.6 Å². The molecule has 1 amide bonds. The third-order valence-electron chi connectivity index (χ3n) is 5.95. The van der Waals surface area contributed by atoms with Crippen LogP contribution in [-0.2, 0) is 13.6 Å². The van der Waals surface area contributed by atoms with Gasteiger partial charge in [0.25, 0.3) is 5.91 Å². The van der Waals surface area contributed by atoms with Crippen molar-refractivity contribution in [3.63, 3.8) is 0 Å². The fourth-order valence-corrected chi connectivity index (χ4v) is 4.05. The largest absolute Gasteiger partial charge is 0.490 e. The van der Waals surface area contributed by atoms with Gasteiger partial charge in [0.05, 0.1) is 43.5 Å². The van der Waals surface area contributed by atoms with Gasteiger partial charge < -0.3 is 14.8 Å².